The molecule has 0 amide bonds. The number of halogens is 2. The second kappa shape index (κ2) is 7.17. The van der Waals surface area contributed by atoms with Crippen LogP contribution in [0.2, 0.25) is 0 Å². The second-order valence-electron chi connectivity index (χ2n) is 4.57. The van der Waals surface area contributed by atoms with Gasteiger partial charge in [-0.2, -0.15) is 8.78 Å². The van der Waals surface area contributed by atoms with Crippen molar-refractivity contribution in [2.24, 2.45) is 0 Å². The van der Waals surface area contributed by atoms with Crippen LogP contribution >= 0.6 is 0 Å². The Bertz CT molecular complexity index is 180. The molecule has 1 saturated heterocycles. The fourth-order valence-corrected chi connectivity index (χ4v) is 2.09. The van der Waals surface area contributed by atoms with Crippen LogP contribution in [-0.2, 0) is 0 Å². The van der Waals surface area contributed by atoms with E-state index in [0.29, 0.717) is 32.6 Å². The quantitative estimate of drug-likeness (QED) is 0.538. The molecular weight excluding hydrogens is 210 g/mol. The van der Waals surface area contributed by atoms with Gasteiger partial charge in [0.15, 0.2) is 0 Å². The average molecular weight is 234 g/mol. The summed E-state index contributed by atoms with van der Waals surface area (Å²) in [4.78, 5) is 1.32. The standard InChI is InChI=1S/C12H24F2N2/c1-2-3-4-5-6-7-12(13,14)16-10-8-15-9-11-16/h15H,2-11H2,1H3. The molecule has 1 N–H and O–H groups in total. The molecule has 0 radical (unpaired) electrons. The zero-order chi connectivity index (χ0) is 11.9. The smallest absolute Gasteiger partial charge is 0.304 e. The van der Waals surface area contributed by atoms with Gasteiger partial charge in [0.25, 0.3) is 0 Å². The molecule has 0 saturated carbocycles. The lowest BCUT2D eigenvalue weighted by atomic mass is 10.1. The van der Waals surface area contributed by atoms with E-state index < -0.39 is 6.05 Å². The van der Waals surface area contributed by atoms with Crippen molar-refractivity contribution >= 4 is 0 Å². The monoisotopic (exact) mass is 234 g/mol. The summed E-state index contributed by atoms with van der Waals surface area (Å²) in [6, 6.07) is -2.59. The van der Waals surface area contributed by atoms with Gasteiger partial charge in [0.2, 0.25) is 0 Å². The lowest BCUT2D eigenvalue weighted by molar-refractivity contribution is -0.156. The summed E-state index contributed by atoms with van der Waals surface area (Å²) in [7, 11) is 0. The summed E-state index contributed by atoms with van der Waals surface area (Å²) in [5.41, 5.74) is 0. The maximum atomic E-state index is 13.7. The van der Waals surface area contributed by atoms with E-state index in [1.54, 1.807) is 0 Å². The third-order valence-electron chi connectivity index (χ3n) is 3.16. The molecule has 0 unspecified atom stereocenters. The Kier molecular flexibility index (Phi) is 6.21. The van der Waals surface area contributed by atoms with Gasteiger partial charge in [0, 0.05) is 32.6 Å². The minimum Gasteiger partial charge on any atom is -0.314 e. The van der Waals surface area contributed by atoms with Crippen molar-refractivity contribution in [2.45, 2.75) is 51.5 Å². The predicted octanol–water partition coefficient (Wildman–Crippen LogP) is 2.84. The molecule has 1 aliphatic rings. The fraction of sp³-hybridized carbons (Fsp3) is 1.00. The number of nitrogens with one attached hydrogen (secondary N) is 1. The molecule has 0 aromatic rings. The van der Waals surface area contributed by atoms with Gasteiger partial charge in [-0.1, -0.05) is 32.6 Å². The summed E-state index contributed by atoms with van der Waals surface area (Å²) in [6.45, 7) is 4.45. The molecule has 4 heteroatoms. The first kappa shape index (κ1) is 13.8. The van der Waals surface area contributed by atoms with Gasteiger partial charge in [-0.15, -0.1) is 0 Å². The molecule has 0 atom stereocenters. The predicted molar refractivity (Wildman–Crippen MR) is 62.8 cm³/mol. The average Bonchev–Trinajstić information content (AvgIpc) is 2.30. The molecule has 2 nitrogen and oxygen atoms in total. The van der Waals surface area contributed by atoms with Crippen molar-refractivity contribution in [3.05, 3.63) is 0 Å². The van der Waals surface area contributed by atoms with Crippen molar-refractivity contribution in [1.82, 2.24) is 10.2 Å². The zero-order valence-corrected chi connectivity index (χ0v) is 10.3. The van der Waals surface area contributed by atoms with Crippen LogP contribution < -0.4 is 5.32 Å². The topological polar surface area (TPSA) is 15.3 Å². The normalized spacial score (nSPS) is 18.9. The first-order valence-electron chi connectivity index (χ1n) is 6.50. The molecule has 1 heterocycles. The van der Waals surface area contributed by atoms with Crippen molar-refractivity contribution in [3.63, 3.8) is 0 Å². The Morgan fingerprint density at radius 1 is 1.06 bits per heavy atom. The van der Waals surface area contributed by atoms with E-state index >= 15 is 0 Å². The van der Waals surface area contributed by atoms with E-state index in [-0.39, 0.29) is 6.42 Å². The van der Waals surface area contributed by atoms with E-state index in [4.69, 9.17) is 0 Å². The van der Waals surface area contributed by atoms with E-state index in [2.05, 4.69) is 12.2 Å². The molecule has 96 valence electrons. The highest BCUT2D eigenvalue weighted by atomic mass is 19.3. The minimum absolute atomic E-state index is 0.0245. The van der Waals surface area contributed by atoms with Crippen LogP contribution in [0.25, 0.3) is 0 Å². The van der Waals surface area contributed by atoms with Gasteiger partial charge in [0.1, 0.15) is 0 Å². The first-order chi connectivity index (χ1) is 7.67. The lowest BCUT2D eigenvalue weighted by Gasteiger charge is -2.34. The van der Waals surface area contributed by atoms with E-state index in [0.717, 1.165) is 19.3 Å². The van der Waals surface area contributed by atoms with Gasteiger partial charge < -0.3 is 5.32 Å². The van der Waals surface area contributed by atoms with Crippen molar-refractivity contribution in [3.8, 4) is 0 Å². The third kappa shape index (κ3) is 4.74. The van der Waals surface area contributed by atoms with E-state index in [1.807, 2.05) is 0 Å². The van der Waals surface area contributed by atoms with Crippen molar-refractivity contribution in [1.29, 1.82) is 0 Å². The van der Waals surface area contributed by atoms with Crippen molar-refractivity contribution < 1.29 is 8.78 Å². The summed E-state index contributed by atoms with van der Waals surface area (Å²) in [5, 5.41) is 3.10. The minimum atomic E-state index is -2.59. The number of rotatable bonds is 7. The van der Waals surface area contributed by atoms with Crippen LogP contribution in [0.4, 0.5) is 8.78 Å². The zero-order valence-electron chi connectivity index (χ0n) is 10.3. The number of alkyl halides is 2. The molecule has 0 aliphatic carbocycles. The molecular formula is C12H24F2N2. The van der Waals surface area contributed by atoms with Gasteiger partial charge in [-0.25, -0.2) is 4.90 Å². The maximum absolute atomic E-state index is 13.7. The first-order valence-corrected chi connectivity index (χ1v) is 6.50. The van der Waals surface area contributed by atoms with Crippen LogP contribution in [0.1, 0.15) is 45.4 Å². The largest absolute Gasteiger partial charge is 0.314 e. The Hall–Kier alpha value is -0.220. The Morgan fingerprint density at radius 2 is 1.69 bits per heavy atom. The third-order valence-corrected chi connectivity index (χ3v) is 3.16. The molecule has 0 aromatic heterocycles. The van der Waals surface area contributed by atoms with Gasteiger partial charge >= 0.3 is 6.05 Å². The van der Waals surface area contributed by atoms with Crippen LogP contribution in [0.3, 0.4) is 0 Å². The second-order valence-corrected chi connectivity index (χ2v) is 4.57. The van der Waals surface area contributed by atoms with Crippen LogP contribution in [0, 0.1) is 0 Å². The Balaban J connectivity index is 2.16. The molecule has 1 fully saturated rings. The van der Waals surface area contributed by atoms with Gasteiger partial charge in [0.05, 0.1) is 0 Å². The lowest BCUT2D eigenvalue weighted by Crippen LogP contribution is -2.52. The molecule has 0 aromatic carbocycles. The Morgan fingerprint density at radius 3 is 2.31 bits per heavy atom. The number of unbranched alkanes of at least 4 members (excludes halogenated alkanes) is 4. The molecule has 1 aliphatic heterocycles. The van der Waals surface area contributed by atoms with Crippen LogP contribution in [0.15, 0.2) is 0 Å². The van der Waals surface area contributed by atoms with Gasteiger partial charge in [-0.05, 0) is 6.42 Å². The maximum Gasteiger partial charge on any atom is 0.304 e. The Labute approximate surface area is 97.4 Å². The number of piperazine rings is 1. The van der Waals surface area contributed by atoms with Gasteiger partial charge in [-0.3, -0.25) is 0 Å². The van der Waals surface area contributed by atoms with E-state index in [1.165, 1.54) is 11.3 Å². The van der Waals surface area contributed by atoms with E-state index in [9.17, 15) is 8.78 Å². The summed E-state index contributed by atoms with van der Waals surface area (Å²) in [5.74, 6) is 0. The number of hydrogen-bond donors (Lipinski definition) is 1. The summed E-state index contributed by atoms with van der Waals surface area (Å²) < 4.78 is 27.4. The highest BCUT2D eigenvalue weighted by molar-refractivity contribution is 4.75. The molecule has 0 bridgehead atoms. The number of hydrogen-bond acceptors (Lipinski definition) is 2. The summed E-state index contributed by atoms with van der Waals surface area (Å²) in [6.07, 6.45) is 5.03. The van der Waals surface area contributed by atoms with Crippen LogP contribution in [-0.4, -0.2) is 37.1 Å². The number of nitrogens with zero attached hydrogens (tertiary/aromatic N) is 1. The molecule has 16 heavy (non-hydrogen) atoms. The highest BCUT2D eigenvalue weighted by Gasteiger charge is 2.36. The van der Waals surface area contributed by atoms with Crippen molar-refractivity contribution in [2.75, 3.05) is 26.2 Å². The fourth-order valence-electron chi connectivity index (χ4n) is 2.09. The van der Waals surface area contributed by atoms with Crippen LogP contribution in [0.5, 0.6) is 0 Å². The SMILES string of the molecule is CCCCCCCC(F)(F)N1CCNCC1. The highest BCUT2D eigenvalue weighted by Crippen LogP contribution is 2.26. The summed E-state index contributed by atoms with van der Waals surface area (Å²) >= 11 is 0. The molecule has 1 rings (SSSR count). The molecule has 0 spiro atoms.